The molecule has 38 heavy (non-hydrogen) atoms. The minimum Gasteiger partial charge on any atom is -0.384 e. The van der Waals surface area contributed by atoms with E-state index in [2.05, 4.69) is 15.3 Å². The number of amides is 2. The topological polar surface area (TPSA) is 128 Å². The van der Waals surface area contributed by atoms with Gasteiger partial charge in [0.05, 0.1) is 13.0 Å². The highest BCUT2D eigenvalue weighted by Crippen LogP contribution is 2.34. The van der Waals surface area contributed by atoms with Crippen molar-refractivity contribution in [3.8, 4) is 11.3 Å². The summed E-state index contributed by atoms with van der Waals surface area (Å²) >= 11 is 0. The molecular formula is C28H31N7O3. The first-order valence-electron chi connectivity index (χ1n) is 12.7. The second kappa shape index (κ2) is 11.0. The number of nitrogens with two attached hydrogens (primary N) is 1. The van der Waals surface area contributed by atoms with Gasteiger partial charge in [-0.2, -0.15) is 0 Å². The molecule has 0 aliphatic carbocycles. The molecule has 0 radical (unpaired) electrons. The molecule has 1 aliphatic heterocycles. The number of rotatable bonds is 7. The van der Waals surface area contributed by atoms with E-state index in [9.17, 15) is 9.59 Å². The zero-order chi connectivity index (χ0) is 26.6. The van der Waals surface area contributed by atoms with E-state index in [0.29, 0.717) is 42.5 Å². The van der Waals surface area contributed by atoms with Crippen LogP contribution in [0.5, 0.6) is 0 Å². The molecule has 4 heterocycles. The fourth-order valence-electron chi connectivity index (χ4n) is 5.02. The molecule has 4 aromatic rings. The summed E-state index contributed by atoms with van der Waals surface area (Å²) in [6.07, 6.45) is 7.34. The van der Waals surface area contributed by atoms with Crippen LogP contribution in [0.1, 0.15) is 46.9 Å². The molecule has 0 spiro atoms. The summed E-state index contributed by atoms with van der Waals surface area (Å²) < 4.78 is 7.08. The van der Waals surface area contributed by atoms with Crippen LogP contribution >= 0.6 is 0 Å². The van der Waals surface area contributed by atoms with E-state index in [1.807, 2.05) is 40.6 Å². The van der Waals surface area contributed by atoms with E-state index < -0.39 is 0 Å². The lowest BCUT2D eigenvalue weighted by Crippen LogP contribution is -2.39. The third kappa shape index (κ3) is 5.08. The lowest BCUT2D eigenvalue weighted by atomic mass is 9.97. The highest BCUT2D eigenvalue weighted by molar-refractivity contribution is 6.05. The number of nitrogens with zero attached hydrogens (tertiary/aromatic N) is 5. The molecule has 1 atom stereocenters. The number of carbonyl (C=O) groups is 2. The van der Waals surface area contributed by atoms with E-state index >= 15 is 0 Å². The molecule has 1 aromatic carbocycles. The standard InChI is InChI=1S/C28H31N7O3/c1-18-16-19(8-9-21(18)28(37)32-22-7-3-4-11-30-22)24-25-26(29)31-12-14-35(25)27(33-24)20-6-5-13-34(17-20)23(36)10-15-38-2/h3-4,7-9,11-12,14,16,20H,5-6,10,13,15,17H2,1-2H3,(H2,29,31)(H,30,32,37). The Hall–Kier alpha value is -4.31. The summed E-state index contributed by atoms with van der Waals surface area (Å²) in [5.41, 5.74) is 9.95. The number of aryl methyl sites for hydroxylation is 1. The van der Waals surface area contributed by atoms with Crippen molar-refractivity contribution in [3.63, 3.8) is 0 Å². The number of hydrogen-bond acceptors (Lipinski definition) is 7. The number of piperidine rings is 1. The number of methoxy groups -OCH3 is 1. The van der Waals surface area contributed by atoms with Crippen LogP contribution in [0.3, 0.4) is 0 Å². The van der Waals surface area contributed by atoms with Crippen LogP contribution in [0.2, 0.25) is 0 Å². The van der Waals surface area contributed by atoms with Gasteiger partial charge in [0.1, 0.15) is 28.7 Å². The maximum Gasteiger partial charge on any atom is 0.257 e. The number of ether oxygens (including phenoxy) is 1. The molecule has 1 aliphatic rings. The predicted molar refractivity (Wildman–Crippen MR) is 145 cm³/mol. The molecule has 3 aromatic heterocycles. The van der Waals surface area contributed by atoms with Crippen LogP contribution in [-0.2, 0) is 9.53 Å². The van der Waals surface area contributed by atoms with E-state index in [1.54, 1.807) is 37.7 Å². The van der Waals surface area contributed by atoms with Crippen LogP contribution in [0.4, 0.5) is 11.6 Å². The summed E-state index contributed by atoms with van der Waals surface area (Å²) in [6, 6.07) is 11.0. The Kier molecular flexibility index (Phi) is 7.32. The number of aromatic nitrogens is 4. The van der Waals surface area contributed by atoms with Gasteiger partial charge < -0.3 is 20.7 Å². The third-order valence-electron chi connectivity index (χ3n) is 6.92. The van der Waals surface area contributed by atoms with Crippen molar-refractivity contribution in [2.24, 2.45) is 0 Å². The molecule has 10 heteroatoms. The Morgan fingerprint density at radius 3 is 2.82 bits per heavy atom. The van der Waals surface area contributed by atoms with Gasteiger partial charge in [0.15, 0.2) is 0 Å². The molecule has 0 bridgehead atoms. The van der Waals surface area contributed by atoms with Crippen LogP contribution in [0.25, 0.3) is 16.8 Å². The van der Waals surface area contributed by atoms with Gasteiger partial charge in [-0.15, -0.1) is 0 Å². The Morgan fingerprint density at radius 2 is 2.05 bits per heavy atom. The second-order valence-electron chi connectivity index (χ2n) is 9.47. The number of nitrogens with one attached hydrogen (secondary N) is 1. The normalized spacial score (nSPS) is 15.5. The Bertz CT molecular complexity index is 1470. The van der Waals surface area contributed by atoms with E-state index in [-0.39, 0.29) is 17.7 Å². The first-order valence-corrected chi connectivity index (χ1v) is 12.7. The Morgan fingerprint density at radius 1 is 1.18 bits per heavy atom. The number of likely N-dealkylation sites (tertiary alicyclic amines) is 1. The van der Waals surface area contributed by atoms with Gasteiger partial charge in [-0.1, -0.05) is 12.1 Å². The van der Waals surface area contributed by atoms with Crippen molar-refractivity contribution in [2.75, 3.05) is 37.9 Å². The Balaban J connectivity index is 1.46. The smallest absolute Gasteiger partial charge is 0.257 e. The van der Waals surface area contributed by atoms with Crippen molar-refractivity contribution in [3.05, 3.63) is 71.9 Å². The lowest BCUT2D eigenvalue weighted by molar-refractivity contribution is -0.133. The molecule has 1 unspecified atom stereocenters. The van der Waals surface area contributed by atoms with Crippen LogP contribution in [0, 0.1) is 6.92 Å². The van der Waals surface area contributed by atoms with E-state index in [4.69, 9.17) is 15.5 Å². The molecule has 1 fully saturated rings. The Labute approximate surface area is 220 Å². The van der Waals surface area contributed by atoms with Crippen LogP contribution < -0.4 is 11.1 Å². The number of anilines is 2. The molecule has 0 saturated carbocycles. The molecule has 10 nitrogen and oxygen atoms in total. The van der Waals surface area contributed by atoms with Gasteiger partial charge in [0.2, 0.25) is 5.91 Å². The molecule has 2 amide bonds. The quantitative estimate of drug-likeness (QED) is 0.386. The third-order valence-corrected chi connectivity index (χ3v) is 6.92. The molecule has 196 valence electrons. The molecule has 3 N–H and O–H groups in total. The number of pyridine rings is 1. The van der Waals surface area contributed by atoms with Gasteiger partial charge in [-0.05, 0) is 49.6 Å². The summed E-state index contributed by atoms with van der Waals surface area (Å²) in [6.45, 7) is 3.63. The highest BCUT2D eigenvalue weighted by atomic mass is 16.5. The maximum absolute atomic E-state index is 12.9. The van der Waals surface area contributed by atoms with Gasteiger partial charge in [-0.25, -0.2) is 15.0 Å². The van der Waals surface area contributed by atoms with Crippen molar-refractivity contribution in [1.29, 1.82) is 0 Å². The SMILES string of the molecule is COCCC(=O)N1CCCC(c2nc(-c3ccc(C(=O)Nc4ccccn4)c(C)c3)c3c(N)nccn23)C1. The van der Waals surface area contributed by atoms with Crippen molar-refractivity contribution in [2.45, 2.75) is 32.1 Å². The number of imidazole rings is 1. The monoisotopic (exact) mass is 513 g/mol. The van der Waals surface area contributed by atoms with Crippen molar-refractivity contribution >= 4 is 29.0 Å². The van der Waals surface area contributed by atoms with Crippen molar-refractivity contribution in [1.82, 2.24) is 24.3 Å². The number of nitrogen functional groups attached to an aromatic ring is 1. The minimum absolute atomic E-state index is 0.0582. The second-order valence-corrected chi connectivity index (χ2v) is 9.47. The van der Waals surface area contributed by atoms with Crippen LogP contribution in [0.15, 0.2) is 55.0 Å². The number of carbonyl (C=O) groups excluding carboxylic acids is 2. The number of hydrogen-bond donors (Lipinski definition) is 2. The molecular weight excluding hydrogens is 482 g/mol. The lowest BCUT2D eigenvalue weighted by Gasteiger charge is -2.32. The van der Waals surface area contributed by atoms with E-state index in [0.717, 1.165) is 41.9 Å². The summed E-state index contributed by atoms with van der Waals surface area (Å²) in [5.74, 6) is 1.64. The summed E-state index contributed by atoms with van der Waals surface area (Å²) in [4.78, 5) is 41.0. The zero-order valence-corrected chi connectivity index (χ0v) is 21.6. The highest BCUT2D eigenvalue weighted by Gasteiger charge is 2.29. The fraction of sp³-hybridized carbons (Fsp3) is 0.321. The summed E-state index contributed by atoms with van der Waals surface area (Å²) in [7, 11) is 1.60. The maximum atomic E-state index is 12.9. The van der Waals surface area contributed by atoms with E-state index in [1.165, 1.54) is 0 Å². The van der Waals surface area contributed by atoms with Gasteiger partial charge in [0.25, 0.3) is 5.91 Å². The summed E-state index contributed by atoms with van der Waals surface area (Å²) in [5, 5.41) is 2.83. The number of benzene rings is 1. The number of fused-ring (bicyclic) bond motifs is 1. The minimum atomic E-state index is -0.232. The van der Waals surface area contributed by atoms with Gasteiger partial charge in [0, 0.05) is 55.8 Å². The van der Waals surface area contributed by atoms with Gasteiger partial charge >= 0.3 is 0 Å². The predicted octanol–water partition coefficient (Wildman–Crippen LogP) is 3.68. The fourth-order valence-corrected chi connectivity index (χ4v) is 5.02. The average Bonchev–Trinajstić information content (AvgIpc) is 3.33. The molecule has 1 saturated heterocycles. The largest absolute Gasteiger partial charge is 0.384 e. The first-order chi connectivity index (χ1) is 18.5. The average molecular weight is 514 g/mol. The van der Waals surface area contributed by atoms with Gasteiger partial charge in [-0.3, -0.25) is 14.0 Å². The van der Waals surface area contributed by atoms with Crippen LogP contribution in [-0.4, -0.2) is 62.9 Å². The van der Waals surface area contributed by atoms with Crippen molar-refractivity contribution < 1.29 is 14.3 Å². The zero-order valence-electron chi connectivity index (χ0n) is 21.6. The molecule has 5 rings (SSSR count). The first kappa shape index (κ1) is 25.3.